The molecule has 21 heavy (non-hydrogen) atoms. The Labute approximate surface area is 135 Å². The fraction of sp³-hybridized carbons (Fsp3) is 0.571. The van der Waals surface area contributed by atoms with E-state index in [1.54, 1.807) is 18.0 Å². The third-order valence-corrected chi connectivity index (χ3v) is 4.56. The Morgan fingerprint density at radius 1 is 1.33 bits per heavy atom. The molecule has 5 nitrogen and oxygen atoms in total. The van der Waals surface area contributed by atoms with Crippen molar-refractivity contribution in [3.05, 3.63) is 22.4 Å². The summed E-state index contributed by atoms with van der Waals surface area (Å²) in [6, 6.07) is 3.91. The molecular formula is C14H22ClN3O2S. The summed E-state index contributed by atoms with van der Waals surface area (Å²) in [7, 11) is 3.51. The molecule has 0 aromatic carbocycles. The van der Waals surface area contributed by atoms with Crippen LogP contribution in [0.4, 0.5) is 0 Å². The minimum atomic E-state index is -0.0907. The monoisotopic (exact) mass is 331 g/mol. The molecule has 2 amide bonds. The second kappa shape index (κ2) is 8.36. The summed E-state index contributed by atoms with van der Waals surface area (Å²) >= 11 is 1.40. The maximum atomic E-state index is 12.2. The smallest absolute Gasteiger partial charge is 0.264 e. The van der Waals surface area contributed by atoms with Crippen molar-refractivity contribution in [2.45, 2.75) is 18.9 Å². The highest BCUT2D eigenvalue weighted by Gasteiger charge is 2.24. The standard InChI is InChI=1S/C14H21N3O2S.ClH/c1-16(14(19)12-4-3-9-20-12)10-13(18)17(2)11-5-7-15-8-6-11;/h3-4,9,11,15H,5-8,10H2,1-2H3;1H. The molecule has 0 bridgehead atoms. The number of carbonyl (C=O) groups excluding carboxylic acids is 2. The molecule has 1 aromatic heterocycles. The first-order valence-corrected chi connectivity index (χ1v) is 7.73. The third-order valence-electron chi connectivity index (χ3n) is 3.70. The van der Waals surface area contributed by atoms with Crippen molar-refractivity contribution >= 4 is 35.6 Å². The molecule has 0 aliphatic carbocycles. The van der Waals surface area contributed by atoms with Gasteiger partial charge in [0.15, 0.2) is 0 Å². The molecule has 0 radical (unpaired) electrons. The molecule has 1 saturated heterocycles. The van der Waals surface area contributed by atoms with Gasteiger partial charge in [0, 0.05) is 20.1 Å². The molecule has 118 valence electrons. The van der Waals surface area contributed by atoms with E-state index in [-0.39, 0.29) is 36.8 Å². The van der Waals surface area contributed by atoms with Gasteiger partial charge in [0.25, 0.3) is 5.91 Å². The Balaban J connectivity index is 0.00000220. The zero-order valence-corrected chi connectivity index (χ0v) is 14.0. The van der Waals surface area contributed by atoms with Crippen LogP contribution in [-0.2, 0) is 4.79 Å². The van der Waals surface area contributed by atoms with Crippen molar-refractivity contribution in [2.24, 2.45) is 0 Å². The maximum Gasteiger partial charge on any atom is 0.264 e. The van der Waals surface area contributed by atoms with Crippen LogP contribution in [0.1, 0.15) is 22.5 Å². The van der Waals surface area contributed by atoms with Gasteiger partial charge in [-0.3, -0.25) is 9.59 Å². The third kappa shape index (κ3) is 4.69. The van der Waals surface area contributed by atoms with Crippen LogP contribution in [-0.4, -0.2) is 61.4 Å². The van der Waals surface area contributed by atoms with Crippen molar-refractivity contribution < 1.29 is 9.59 Å². The lowest BCUT2D eigenvalue weighted by molar-refractivity contribution is -0.132. The molecular weight excluding hydrogens is 310 g/mol. The lowest BCUT2D eigenvalue weighted by atomic mass is 10.1. The van der Waals surface area contributed by atoms with Gasteiger partial charge in [0.2, 0.25) is 5.91 Å². The Kier molecular flexibility index (Phi) is 7.14. The number of nitrogens with one attached hydrogen (secondary N) is 1. The summed E-state index contributed by atoms with van der Waals surface area (Å²) in [6.07, 6.45) is 1.95. The number of hydrogen-bond acceptors (Lipinski definition) is 4. The van der Waals surface area contributed by atoms with Gasteiger partial charge in [-0.25, -0.2) is 0 Å². The van der Waals surface area contributed by atoms with Crippen LogP contribution in [0.3, 0.4) is 0 Å². The van der Waals surface area contributed by atoms with E-state index in [2.05, 4.69) is 5.32 Å². The average molecular weight is 332 g/mol. The largest absolute Gasteiger partial charge is 0.341 e. The van der Waals surface area contributed by atoms with Gasteiger partial charge in [-0.2, -0.15) is 0 Å². The fourth-order valence-electron chi connectivity index (χ4n) is 2.37. The van der Waals surface area contributed by atoms with E-state index in [1.165, 1.54) is 16.2 Å². The molecule has 1 aliphatic heterocycles. The zero-order valence-electron chi connectivity index (χ0n) is 12.4. The van der Waals surface area contributed by atoms with Crippen LogP contribution in [0, 0.1) is 0 Å². The molecule has 0 unspecified atom stereocenters. The Bertz CT molecular complexity index is 461. The van der Waals surface area contributed by atoms with Crippen LogP contribution >= 0.6 is 23.7 Å². The van der Waals surface area contributed by atoms with E-state index >= 15 is 0 Å². The highest BCUT2D eigenvalue weighted by Crippen LogP contribution is 2.13. The zero-order chi connectivity index (χ0) is 14.5. The fourth-order valence-corrected chi connectivity index (χ4v) is 3.09. The first-order valence-electron chi connectivity index (χ1n) is 6.85. The number of amides is 2. The molecule has 0 saturated carbocycles. The van der Waals surface area contributed by atoms with E-state index in [0.29, 0.717) is 4.88 Å². The highest BCUT2D eigenvalue weighted by atomic mass is 35.5. The van der Waals surface area contributed by atoms with Gasteiger partial charge >= 0.3 is 0 Å². The van der Waals surface area contributed by atoms with Crippen molar-refractivity contribution in [1.29, 1.82) is 0 Å². The minimum Gasteiger partial charge on any atom is -0.341 e. The second-order valence-electron chi connectivity index (χ2n) is 5.12. The lowest BCUT2D eigenvalue weighted by Gasteiger charge is -2.32. The first-order chi connectivity index (χ1) is 9.59. The molecule has 1 aromatic rings. The lowest BCUT2D eigenvalue weighted by Crippen LogP contribution is -2.47. The van der Waals surface area contributed by atoms with Crippen LogP contribution in [0.2, 0.25) is 0 Å². The molecule has 1 N–H and O–H groups in total. The Morgan fingerprint density at radius 2 is 2.00 bits per heavy atom. The predicted octanol–water partition coefficient (Wildman–Crippen LogP) is 1.45. The summed E-state index contributed by atoms with van der Waals surface area (Å²) in [6.45, 7) is 2.04. The van der Waals surface area contributed by atoms with Gasteiger partial charge in [0.1, 0.15) is 0 Å². The van der Waals surface area contributed by atoms with Crippen molar-refractivity contribution in [2.75, 3.05) is 33.7 Å². The Hall–Kier alpha value is -1.11. The number of carbonyl (C=O) groups is 2. The van der Waals surface area contributed by atoms with Gasteiger partial charge in [-0.15, -0.1) is 23.7 Å². The van der Waals surface area contributed by atoms with Crippen molar-refractivity contribution in [3.8, 4) is 0 Å². The van der Waals surface area contributed by atoms with Gasteiger partial charge in [-0.05, 0) is 37.4 Å². The summed E-state index contributed by atoms with van der Waals surface area (Å²) in [5.41, 5.74) is 0. The number of halogens is 1. The number of piperidine rings is 1. The summed E-state index contributed by atoms with van der Waals surface area (Å²) < 4.78 is 0. The quantitative estimate of drug-likeness (QED) is 0.908. The second-order valence-corrected chi connectivity index (χ2v) is 6.07. The van der Waals surface area contributed by atoms with E-state index in [1.807, 2.05) is 18.5 Å². The minimum absolute atomic E-state index is 0. The highest BCUT2D eigenvalue weighted by molar-refractivity contribution is 7.12. The van der Waals surface area contributed by atoms with Crippen LogP contribution in [0.15, 0.2) is 17.5 Å². The summed E-state index contributed by atoms with van der Waals surface area (Å²) in [5, 5.41) is 5.15. The van der Waals surface area contributed by atoms with E-state index in [9.17, 15) is 9.59 Å². The summed E-state index contributed by atoms with van der Waals surface area (Å²) in [4.78, 5) is 28.3. The molecule has 1 aliphatic rings. The van der Waals surface area contributed by atoms with Crippen molar-refractivity contribution in [3.63, 3.8) is 0 Å². The maximum absolute atomic E-state index is 12.2. The van der Waals surface area contributed by atoms with Gasteiger partial charge in [-0.1, -0.05) is 6.07 Å². The number of nitrogens with zero attached hydrogens (tertiary/aromatic N) is 2. The number of hydrogen-bond donors (Lipinski definition) is 1. The van der Waals surface area contributed by atoms with E-state index in [4.69, 9.17) is 0 Å². The van der Waals surface area contributed by atoms with Gasteiger partial charge < -0.3 is 15.1 Å². The van der Waals surface area contributed by atoms with E-state index in [0.717, 1.165) is 25.9 Å². The molecule has 0 spiro atoms. The average Bonchev–Trinajstić information content (AvgIpc) is 3.00. The van der Waals surface area contributed by atoms with Crippen LogP contribution in [0.5, 0.6) is 0 Å². The van der Waals surface area contributed by atoms with E-state index < -0.39 is 0 Å². The predicted molar refractivity (Wildman–Crippen MR) is 87.2 cm³/mol. The number of rotatable bonds is 4. The molecule has 2 heterocycles. The molecule has 1 fully saturated rings. The van der Waals surface area contributed by atoms with Crippen LogP contribution in [0.25, 0.3) is 0 Å². The number of thiophene rings is 1. The molecule has 2 rings (SSSR count). The summed E-state index contributed by atoms with van der Waals surface area (Å²) in [5.74, 6) is -0.0867. The number of likely N-dealkylation sites (N-methyl/N-ethyl adjacent to an activating group) is 2. The van der Waals surface area contributed by atoms with Crippen molar-refractivity contribution in [1.82, 2.24) is 15.1 Å². The Morgan fingerprint density at radius 3 is 2.57 bits per heavy atom. The molecule has 0 atom stereocenters. The van der Waals surface area contributed by atoms with Gasteiger partial charge in [0.05, 0.1) is 11.4 Å². The molecule has 7 heteroatoms. The van der Waals surface area contributed by atoms with Crippen LogP contribution < -0.4 is 5.32 Å². The normalized spacial score (nSPS) is 15.1. The first kappa shape index (κ1) is 17.9. The SMILES string of the molecule is CN(CC(=O)N(C)C1CCNCC1)C(=O)c1cccs1.Cl. The topological polar surface area (TPSA) is 52.7 Å².